The summed E-state index contributed by atoms with van der Waals surface area (Å²) in [5.74, 6) is 0.934. The zero-order valence-corrected chi connectivity index (χ0v) is 14.2. The first-order chi connectivity index (χ1) is 9.62. The van der Waals surface area contributed by atoms with Gasteiger partial charge in [0, 0.05) is 11.3 Å². The van der Waals surface area contributed by atoms with Crippen LogP contribution in [0.5, 0.6) is 0 Å². The van der Waals surface area contributed by atoms with Gasteiger partial charge in [0.05, 0.1) is 17.1 Å². The van der Waals surface area contributed by atoms with Crippen molar-refractivity contribution in [1.29, 1.82) is 0 Å². The van der Waals surface area contributed by atoms with Crippen molar-refractivity contribution >= 4 is 11.6 Å². The minimum absolute atomic E-state index is 0.0700. The van der Waals surface area contributed by atoms with Crippen LogP contribution in [0, 0.1) is 5.92 Å². The van der Waals surface area contributed by atoms with Crippen LogP contribution in [0.1, 0.15) is 88.2 Å². The Morgan fingerprint density at radius 1 is 1.15 bits per heavy atom. The van der Waals surface area contributed by atoms with E-state index in [0.29, 0.717) is 6.04 Å². The van der Waals surface area contributed by atoms with E-state index in [1.165, 1.54) is 49.1 Å². The van der Waals surface area contributed by atoms with Gasteiger partial charge in [0.2, 0.25) is 0 Å². The molecule has 1 atom stereocenters. The monoisotopic (exact) mass is 296 g/mol. The van der Waals surface area contributed by atoms with Crippen LogP contribution in [0.25, 0.3) is 0 Å². The lowest BCUT2D eigenvalue weighted by molar-refractivity contribution is 0.252. The molecule has 1 heterocycles. The Kier molecular flexibility index (Phi) is 5.54. The first-order valence-corrected chi connectivity index (χ1v) is 8.80. The van der Waals surface area contributed by atoms with Crippen LogP contribution >= 0.6 is 11.6 Å². The van der Waals surface area contributed by atoms with Gasteiger partial charge in [-0.3, -0.25) is 4.68 Å². The number of aromatic nitrogens is 2. The van der Waals surface area contributed by atoms with E-state index in [2.05, 4.69) is 32.4 Å². The van der Waals surface area contributed by atoms with E-state index in [1.807, 2.05) is 0 Å². The number of hydrogen-bond acceptors (Lipinski definition) is 1. The molecule has 0 aromatic carbocycles. The van der Waals surface area contributed by atoms with Crippen molar-refractivity contribution < 1.29 is 0 Å². The Morgan fingerprint density at radius 2 is 1.80 bits per heavy atom. The number of rotatable bonds is 5. The fourth-order valence-corrected chi connectivity index (χ4v) is 3.96. The molecule has 1 saturated carbocycles. The SMILES string of the molecule is CCc1nn(C2CCC(CC)CC2)c(CC)c1C(C)Cl. The fraction of sp³-hybridized carbons (Fsp3) is 0.824. The van der Waals surface area contributed by atoms with Crippen molar-refractivity contribution in [3.8, 4) is 0 Å². The molecule has 0 saturated heterocycles. The molecule has 1 fully saturated rings. The van der Waals surface area contributed by atoms with Crippen LogP contribution in [0.2, 0.25) is 0 Å². The first kappa shape index (κ1) is 15.9. The van der Waals surface area contributed by atoms with Gasteiger partial charge in [-0.05, 0) is 51.4 Å². The van der Waals surface area contributed by atoms with E-state index in [9.17, 15) is 0 Å². The van der Waals surface area contributed by atoms with Gasteiger partial charge >= 0.3 is 0 Å². The summed E-state index contributed by atoms with van der Waals surface area (Å²) in [6.45, 7) is 8.81. The van der Waals surface area contributed by atoms with E-state index in [-0.39, 0.29) is 5.38 Å². The predicted octanol–water partition coefficient (Wildman–Crippen LogP) is 5.45. The Balaban J connectivity index is 2.28. The highest BCUT2D eigenvalue weighted by atomic mass is 35.5. The van der Waals surface area contributed by atoms with E-state index in [1.54, 1.807) is 0 Å². The van der Waals surface area contributed by atoms with E-state index < -0.39 is 0 Å². The highest BCUT2D eigenvalue weighted by Gasteiger charge is 2.27. The molecule has 1 aromatic heterocycles. The van der Waals surface area contributed by atoms with E-state index in [4.69, 9.17) is 16.7 Å². The number of aryl methyl sites for hydroxylation is 1. The fourth-order valence-electron chi connectivity index (χ4n) is 3.71. The topological polar surface area (TPSA) is 17.8 Å². The Labute approximate surface area is 128 Å². The number of alkyl halides is 1. The minimum atomic E-state index is 0.0700. The van der Waals surface area contributed by atoms with Crippen LogP contribution in [0.15, 0.2) is 0 Å². The number of hydrogen-bond donors (Lipinski definition) is 0. The van der Waals surface area contributed by atoms with Gasteiger partial charge in [0.25, 0.3) is 0 Å². The second-order valence-corrected chi connectivity index (χ2v) is 6.81. The van der Waals surface area contributed by atoms with Crippen molar-refractivity contribution in [2.75, 3.05) is 0 Å². The number of halogens is 1. The first-order valence-electron chi connectivity index (χ1n) is 8.36. The highest BCUT2D eigenvalue weighted by Crippen LogP contribution is 2.37. The van der Waals surface area contributed by atoms with Crippen LogP contribution in [-0.2, 0) is 12.8 Å². The largest absolute Gasteiger partial charge is 0.266 e. The molecule has 114 valence electrons. The summed E-state index contributed by atoms with van der Waals surface area (Å²) in [6.07, 6.45) is 8.63. The molecule has 0 aliphatic heterocycles. The summed E-state index contributed by atoms with van der Waals surface area (Å²) >= 11 is 6.42. The molecule has 0 radical (unpaired) electrons. The predicted molar refractivity (Wildman–Crippen MR) is 86.5 cm³/mol. The lowest BCUT2D eigenvalue weighted by Crippen LogP contribution is -2.20. The maximum Gasteiger partial charge on any atom is 0.0671 e. The van der Waals surface area contributed by atoms with Gasteiger partial charge in [-0.1, -0.05) is 27.2 Å². The summed E-state index contributed by atoms with van der Waals surface area (Å²) in [5.41, 5.74) is 3.89. The van der Waals surface area contributed by atoms with Gasteiger partial charge in [0.1, 0.15) is 0 Å². The highest BCUT2D eigenvalue weighted by molar-refractivity contribution is 6.20. The van der Waals surface area contributed by atoms with Crippen molar-refractivity contribution in [3.05, 3.63) is 17.0 Å². The molecule has 3 heteroatoms. The molecule has 2 rings (SSSR count). The molecule has 0 bridgehead atoms. The van der Waals surface area contributed by atoms with Crippen molar-refractivity contribution in [2.24, 2.45) is 5.92 Å². The maximum atomic E-state index is 6.42. The average Bonchev–Trinajstić information content (AvgIpc) is 2.86. The quantitative estimate of drug-likeness (QED) is 0.661. The summed E-state index contributed by atoms with van der Waals surface area (Å²) in [4.78, 5) is 0. The Morgan fingerprint density at radius 3 is 2.25 bits per heavy atom. The summed E-state index contributed by atoms with van der Waals surface area (Å²) in [7, 11) is 0. The molecule has 0 spiro atoms. The van der Waals surface area contributed by atoms with Crippen molar-refractivity contribution in [1.82, 2.24) is 9.78 Å². The zero-order chi connectivity index (χ0) is 14.7. The molecular formula is C17H29ClN2. The van der Waals surface area contributed by atoms with Gasteiger partial charge in [-0.25, -0.2) is 0 Å². The van der Waals surface area contributed by atoms with Gasteiger partial charge in [-0.2, -0.15) is 5.10 Å². The van der Waals surface area contributed by atoms with E-state index >= 15 is 0 Å². The zero-order valence-electron chi connectivity index (χ0n) is 13.5. The third-order valence-corrected chi connectivity index (χ3v) is 5.15. The van der Waals surface area contributed by atoms with Gasteiger partial charge in [0.15, 0.2) is 0 Å². The normalized spacial score (nSPS) is 24.9. The second-order valence-electron chi connectivity index (χ2n) is 6.16. The average molecular weight is 297 g/mol. The molecule has 1 aliphatic carbocycles. The standard InChI is InChI=1S/C17H29ClN2/c1-5-13-8-10-14(11-9-13)20-16(7-3)17(12(4)18)15(6-2)19-20/h12-14H,5-11H2,1-4H3. The summed E-state index contributed by atoms with van der Waals surface area (Å²) in [6, 6.07) is 0.599. The molecule has 1 aliphatic rings. The van der Waals surface area contributed by atoms with Crippen molar-refractivity contribution in [2.45, 2.75) is 84.1 Å². The molecule has 20 heavy (non-hydrogen) atoms. The molecule has 1 unspecified atom stereocenters. The molecule has 1 aromatic rings. The van der Waals surface area contributed by atoms with Crippen molar-refractivity contribution in [3.63, 3.8) is 0 Å². The third kappa shape index (κ3) is 3.05. The third-order valence-electron chi connectivity index (χ3n) is 4.93. The van der Waals surface area contributed by atoms with Gasteiger partial charge in [-0.15, -0.1) is 11.6 Å². The van der Waals surface area contributed by atoms with E-state index in [0.717, 1.165) is 18.8 Å². The lowest BCUT2D eigenvalue weighted by atomic mass is 9.84. The molecule has 0 amide bonds. The molecule has 0 N–H and O–H groups in total. The summed E-state index contributed by atoms with van der Waals surface area (Å²) in [5, 5.41) is 5.00. The molecular weight excluding hydrogens is 268 g/mol. The number of nitrogens with zero attached hydrogens (tertiary/aromatic N) is 2. The van der Waals surface area contributed by atoms with Crippen LogP contribution in [0.4, 0.5) is 0 Å². The van der Waals surface area contributed by atoms with Crippen LogP contribution in [-0.4, -0.2) is 9.78 Å². The smallest absolute Gasteiger partial charge is 0.0671 e. The van der Waals surface area contributed by atoms with Gasteiger partial charge < -0.3 is 0 Å². The Bertz CT molecular complexity index is 428. The summed E-state index contributed by atoms with van der Waals surface area (Å²) < 4.78 is 2.33. The second kappa shape index (κ2) is 6.98. The lowest BCUT2D eigenvalue weighted by Gasteiger charge is -2.29. The Hall–Kier alpha value is -0.500. The minimum Gasteiger partial charge on any atom is -0.266 e. The van der Waals surface area contributed by atoms with Crippen LogP contribution < -0.4 is 0 Å². The maximum absolute atomic E-state index is 6.42. The van der Waals surface area contributed by atoms with Crippen LogP contribution in [0.3, 0.4) is 0 Å². The molecule has 2 nitrogen and oxygen atoms in total.